The number of amides is 1. The molecule has 10 heteroatoms. The third-order valence-corrected chi connectivity index (χ3v) is 3.84. The molecule has 2 aromatic heterocycles. The molecule has 0 aliphatic rings. The normalized spacial score (nSPS) is 10.3. The van der Waals surface area contributed by atoms with Gasteiger partial charge in [0.1, 0.15) is 0 Å². The number of hydrogen-bond acceptors (Lipinski definition) is 7. The standard InChI is InChI=1S/C18H15N5O5/c1-28-18(25)14-8-13(9-15(10-14)23(26)27)17(24)20-11-12-4-2-5-19-16(12)22-7-3-6-21-22/h2-10H,11H2,1H3,(H,20,24). The number of carbonyl (C=O) groups is 2. The summed E-state index contributed by atoms with van der Waals surface area (Å²) >= 11 is 0. The number of methoxy groups -OCH3 is 1. The number of nitro groups is 1. The van der Waals surface area contributed by atoms with E-state index in [4.69, 9.17) is 0 Å². The van der Waals surface area contributed by atoms with E-state index in [0.29, 0.717) is 11.4 Å². The van der Waals surface area contributed by atoms with Crippen molar-refractivity contribution in [2.45, 2.75) is 6.54 Å². The molecule has 1 aromatic carbocycles. The van der Waals surface area contributed by atoms with Crippen molar-refractivity contribution in [3.63, 3.8) is 0 Å². The van der Waals surface area contributed by atoms with Gasteiger partial charge in [-0.05, 0) is 18.2 Å². The van der Waals surface area contributed by atoms with E-state index < -0.39 is 16.8 Å². The summed E-state index contributed by atoms with van der Waals surface area (Å²) in [4.78, 5) is 38.9. The molecule has 0 radical (unpaired) electrons. The summed E-state index contributed by atoms with van der Waals surface area (Å²) in [5.74, 6) is -0.808. The molecule has 0 spiro atoms. The highest BCUT2D eigenvalue weighted by molar-refractivity contribution is 5.98. The molecular weight excluding hydrogens is 366 g/mol. The summed E-state index contributed by atoms with van der Waals surface area (Å²) in [5.41, 5.74) is 0.199. The van der Waals surface area contributed by atoms with E-state index in [0.717, 1.165) is 19.2 Å². The monoisotopic (exact) mass is 381 g/mol. The van der Waals surface area contributed by atoms with E-state index >= 15 is 0 Å². The van der Waals surface area contributed by atoms with Crippen LogP contribution in [0.25, 0.3) is 5.82 Å². The molecule has 0 saturated heterocycles. The van der Waals surface area contributed by atoms with Gasteiger partial charge in [-0.1, -0.05) is 6.07 Å². The number of nitrogens with zero attached hydrogens (tertiary/aromatic N) is 4. The molecule has 2 heterocycles. The first-order valence-electron chi connectivity index (χ1n) is 8.09. The molecule has 10 nitrogen and oxygen atoms in total. The Morgan fingerprint density at radius 1 is 1.21 bits per heavy atom. The Bertz CT molecular complexity index is 1030. The highest BCUT2D eigenvalue weighted by atomic mass is 16.6. The molecule has 3 aromatic rings. The summed E-state index contributed by atoms with van der Waals surface area (Å²) in [5, 5.41) is 17.9. The van der Waals surface area contributed by atoms with Crippen LogP contribution in [0.5, 0.6) is 0 Å². The van der Waals surface area contributed by atoms with E-state index in [1.807, 2.05) is 0 Å². The summed E-state index contributed by atoms with van der Waals surface area (Å²) < 4.78 is 6.14. The van der Waals surface area contributed by atoms with Crippen LogP contribution in [0.4, 0.5) is 5.69 Å². The van der Waals surface area contributed by atoms with Crippen molar-refractivity contribution < 1.29 is 19.2 Å². The predicted octanol–water partition coefficient (Wildman–Crippen LogP) is 1.89. The zero-order valence-corrected chi connectivity index (χ0v) is 14.7. The quantitative estimate of drug-likeness (QED) is 0.392. The Labute approximate surface area is 158 Å². The number of pyridine rings is 1. The van der Waals surface area contributed by atoms with Crippen molar-refractivity contribution in [1.82, 2.24) is 20.1 Å². The summed E-state index contributed by atoms with van der Waals surface area (Å²) in [6, 6.07) is 8.63. The Balaban J connectivity index is 1.84. The van der Waals surface area contributed by atoms with E-state index in [2.05, 4.69) is 20.1 Å². The predicted molar refractivity (Wildman–Crippen MR) is 97.0 cm³/mol. The number of ether oxygens (including phenoxy) is 1. The fourth-order valence-corrected chi connectivity index (χ4v) is 2.53. The van der Waals surface area contributed by atoms with Crippen LogP contribution in [-0.4, -0.2) is 38.7 Å². The maximum absolute atomic E-state index is 12.5. The number of carbonyl (C=O) groups excluding carboxylic acids is 2. The molecule has 0 fully saturated rings. The highest BCUT2D eigenvalue weighted by Gasteiger charge is 2.18. The second-order valence-corrected chi connectivity index (χ2v) is 5.64. The molecule has 3 rings (SSSR count). The van der Waals surface area contributed by atoms with E-state index in [9.17, 15) is 19.7 Å². The van der Waals surface area contributed by atoms with Gasteiger partial charge in [-0.3, -0.25) is 14.9 Å². The van der Waals surface area contributed by atoms with Crippen LogP contribution < -0.4 is 5.32 Å². The van der Waals surface area contributed by atoms with Gasteiger partial charge in [0.15, 0.2) is 5.82 Å². The number of benzene rings is 1. The number of nitrogens with one attached hydrogen (secondary N) is 1. The lowest BCUT2D eigenvalue weighted by Gasteiger charge is -2.10. The van der Waals surface area contributed by atoms with Gasteiger partial charge in [0.25, 0.3) is 11.6 Å². The van der Waals surface area contributed by atoms with E-state index in [-0.39, 0.29) is 23.4 Å². The molecule has 0 unspecified atom stereocenters. The molecule has 0 atom stereocenters. The SMILES string of the molecule is COC(=O)c1cc(C(=O)NCc2cccnc2-n2cccn2)cc([N+](=O)[O-])c1. The minimum Gasteiger partial charge on any atom is -0.465 e. The Kier molecular flexibility index (Phi) is 5.40. The second-order valence-electron chi connectivity index (χ2n) is 5.64. The molecule has 0 aliphatic carbocycles. The van der Waals surface area contributed by atoms with Gasteiger partial charge in [0.05, 0.1) is 17.6 Å². The number of esters is 1. The van der Waals surface area contributed by atoms with E-state index in [1.54, 1.807) is 41.5 Å². The average Bonchev–Trinajstić information content (AvgIpc) is 3.25. The van der Waals surface area contributed by atoms with Gasteiger partial charge >= 0.3 is 5.97 Å². The summed E-state index contributed by atoms with van der Waals surface area (Å²) in [6.45, 7) is 0.109. The third-order valence-electron chi connectivity index (χ3n) is 3.84. The van der Waals surface area contributed by atoms with Gasteiger partial charge in [0, 0.05) is 48.4 Å². The van der Waals surface area contributed by atoms with Crippen LogP contribution in [0.2, 0.25) is 0 Å². The van der Waals surface area contributed by atoms with Gasteiger partial charge in [-0.15, -0.1) is 0 Å². The average molecular weight is 381 g/mol. The van der Waals surface area contributed by atoms with Crippen LogP contribution in [-0.2, 0) is 11.3 Å². The summed E-state index contributed by atoms with van der Waals surface area (Å²) in [6.07, 6.45) is 4.93. The van der Waals surface area contributed by atoms with Gasteiger partial charge in [-0.2, -0.15) is 5.10 Å². The van der Waals surface area contributed by atoms with E-state index in [1.165, 1.54) is 6.07 Å². The number of aromatic nitrogens is 3. The van der Waals surface area contributed by atoms with Crippen molar-refractivity contribution in [2.75, 3.05) is 7.11 Å². The first-order chi connectivity index (χ1) is 13.5. The molecule has 28 heavy (non-hydrogen) atoms. The Hall–Kier alpha value is -4.08. The van der Waals surface area contributed by atoms with Crippen molar-refractivity contribution in [3.05, 3.63) is 81.8 Å². The summed E-state index contributed by atoms with van der Waals surface area (Å²) in [7, 11) is 1.15. The second kappa shape index (κ2) is 8.08. The van der Waals surface area contributed by atoms with Crippen LogP contribution in [0, 0.1) is 10.1 Å². The maximum Gasteiger partial charge on any atom is 0.338 e. The first kappa shape index (κ1) is 18.7. The number of nitro benzene ring substituents is 1. The molecule has 0 saturated carbocycles. The Morgan fingerprint density at radius 3 is 2.68 bits per heavy atom. The van der Waals surface area contributed by atoms with Crippen LogP contribution >= 0.6 is 0 Å². The number of hydrogen-bond donors (Lipinski definition) is 1. The topological polar surface area (TPSA) is 129 Å². The highest BCUT2D eigenvalue weighted by Crippen LogP contribution is 2.18. The van der Waals surface area contributed by atoms with Crippen LogP contribution in [0.15, 0.2) is 55.0 Å². The minimum absolute atomic E-state index is 0.0286. The molecule has 1 amide bonds. The zero-order chi connectivity index (χ0) is 20.1. The van der Waals surface area contributed by atoms with Gasteiger partial charge < -0.3 is 10.1 Å². The third kappa shape index (κ3) is 4.01. The van der Waals surface area contributed by atoms with Crippen molar-refractivity contribution in [1.29, 1.82) is 0 Å². The van der Waals surface area contributed by atoms with Crippen molar-refractivity contribution >= 4 is 17.6 Å². The van der Waals surface area contributed by atoms with Crippen LogP contribution in [0.1, 0.15) is 26.3 Å². The molecule has 0 bridgehead atoms. The van der Waals surface area contributed by atoms with Gasteiger partial charge in [0.2, 0.25) is 0 Å². The van der Waals surface area contributed by atoms with Crippen LogP contribution in [0.3, 0.4) is 0 Å². The molecule has 1 N–H and O–H groups in total. The number of non-ortho nitro benzene ring substituents is 1. The largest absolute Gasteiger partial charge is 0.465 e. The van der Waals surface area contributed by atoms with Crippen molar-refractivity contribution in [2.24, 2.45) is 0 Å². The minimum atomic E-state index is -0.772. The molecule has 0 aliphatic heterocycles. The number of rotatable bonds is 6. The first-order valence-corrected chi connectivity index (χ1v) is 8.09. The maximum atomic E-state index is 12.5. The fourth-order valence-electron chi connectivity index (χ4n) is 2.53. The van der Waals surface area contributed by atoms with Crippen molar-refractivity contribution in [3.8, 4) is 5.82 Å². The van der Waals surface area contributed by atoms with Gasteiger partial charge in [-0.25, -0.2) is 14.5 Å². The lowest BCUT2D eigenvalue weighted by Crippen LogP contribution is -2.24. The molecule has 142 valence electrons. The molecular formula is C18H15N5O5. The Morgan fingerprint density at radius 2 is 2.00 bits per heavy atom. The fraction of sp³-hybridized carbons (Fsp3) is 0.111. The lowest BCUT2D eigenvalue weighted by molar-refractivity contribution is -0.384. The lowest BCUT2D eigenvalue weighted by atomic mass is 10.1. The smallest absolute Gasteiger partial charge is 0.338 e. The zero-order valence-electron chi connectivity index (χ0n) is 14.7.